The first kappa shape index (κ1) is 11.2. The molecular formula is C9H16N4S2. The lowest BCUT2D eigenvalue weighted by Gasteiger charge is -2.31. The zero-order valence-corrected chi connectivity index (χ0v) is 10.8. The molecule has 0 N–H and O–H groups in total. The van der Waals surface area contributed by atoms with Crippen molar-refractivity contribution in [2.75, 3.05) is 43.9 Å². The van der Waals surface area contributed by atoms with Crippen LogP contribution in [0.2, 0.25) is 0 Å². The first-order valence-corrected chi connectivity index (χ1v) is 6.99. The number of rotatable bonds is 3. The van der Waals surface area contributed by atoms with Crippen molar-refractivity contribution in [3.8, 4) is 0 Å². The predicted octanol–water partition coefficient (Wildman–Crippen LogP) is 1.40. The van der Waals surface area contributed by atoms with E-state index in [2.05, 4.69) is 34.0 Å². The van der Waals surface area contributed by atoms with Gasteiger partial charge in [0.15, 0.2) is 4.34 Å². The first-order valence-electron chi connectivity index (χ1n) is 5.19. The number of thioether (sulfide) groups is 1. The summed E-state index contributed by atoms with van der Waals surface area (Å²) < 4.78 is 1.09. The Labute approximate surface area is 98.7 Å². The smallest absolute Gasteiger partial charge is 0.209 e. The van der Waals surface area contributed by atoms with E-state index in [4.69, 9.17) is 0 Å². The van der Waals surface area contributed by atoms with E-state index in [0.717, 1.165) is 41.4 Å². The Morgan fingerprint density at radius 1 is 1.27 bits per heavy atom. The van der Waals surface area contributed by atoms with E-state index in [1.807, 2.05) is 0 Å². The Bertz CT molecular complexity index is 307. The van der Waals surface area contributed by atoms with Crippen molar-refractivity contribution < 1.29 is 0 Å². The lowest BCUT2D eigenvalue weighted by Crippen LogP contribution is -2.44. The van der Waals surface area contributed by atoms with Crippen LogP contribution in [0.3, 0.4) is 0 Å². The van der Waals surface area contributed by atoms with Gasteiger partial charge in [-0.3, -0.25) is 0 Å². The van der Waals surface area contributed by atoms with Crippen molar-refractivity contribution in [2.45, 2.75) is 11.3 Å². The summed E-state index contributed by atoms with van der Waals surface area (Å²) in [6.45, 7) is 6.52. The summed E-state index contributed by atoms with van der Waals surface area (Å²) in [6, 6.07) is 0. The lowest BCUT2D eigenvalue weighted by molar-refractivity contribution is 0.312. The number of likely N-dealkylation sites (N-methyl/N-ethyl adjacent to an activating group) is 1. The van der Waals surface area contributed by atoms with Crippen LogP contribution in [0.4, 0.5) is 5.13 Å². The number of hydrogen-bond acceptors (Lipinski definition) is 6. The van der Waals surface area contributed by atoms with Gasteiger partial charge in [-0.15, -0.1) is 10.2 Å². The van der Waals surface area contributed by atoms with Crippen LogP contribution in [0.1, 0.15) is 6.92 Å². The standard InChI is InChI=1S/C9H16N4S2/c1-3-14-9-11-10-8(15-9)13-6-4-12(2)5-7-13/h3-7H2,1-2H3. The van der Waals surface area contributed by atoms with Crippen molar-refractivity contribution in [1.29, 1.82) is 0 Å². The minimum absolute atomic E-state index is 1.07. The van der Waals surface area contributed by atoms with E-state index >= 15 is 0 Å². The fraction of sp³-hybridized carbons (Fsp3) is 0.778. The van der Waals surface area contributed by atoms with Crippen LogP contribution in [-0.4, -0.2) is 54.1 Å². The van der Waals surface area contributed by atoms with Gasteiger partial charge in [-0.2, -0.15) is 0 Å². The number of piperazine rings is 1. The van der Waals surface area contributed by atoms with E-state index in [0.29, 0.717) is 0 Å². The Morgan fingerprint density at radius 3 is 2.67 bits per heavy atom. The second-order valence-electron chi connectivity index (χ2n) is 3.57. The van der Waals surface area contributed by atoms with Crippen LogP contribution in [-0.2, 0) is 0 Å². The Morgan fingerprint density at radius 2 is 2.00 bits per heavy atom. The number of hydrogen-bond donors (Lipinski definition) is 0. The van der Waals surface area contributed by atoms with E-state index in [1.54, 1.807) is 23.1 Å². The van der Waals surface area contributed by atoms with Crippen LogP contribution < -0.4 is 4.90 Å². The first-order chi connectivity index (χ1) is 7.29. The van der Waals surface area contributed by atoms with Crippen LogP contribution in [0.25, 0.3) is 0 Å². The fourth-order valence-corrected chi connectivity index (χ4v) is 3.30. The quantitative estimate of drug-likeness (QED) is 0.751. The van der Waals surface area contributed by atoms with Gasteiger partial charge in [-0.25, -0.2) is 0 Å². The Balaban J connectivity index is 1.96. The number of anilines is 1. The minimum Gasteiger partial charge on any atom is -0.344 e. The summed E-state index contributed by atoms with van der Waals surface area (Å²) in [4.78, 5) is 4.68. The minimum atomic E-state index is 1.07. The molecule has 0 aliphatic carbocycles. The second-order valence-corrected chi connectivity index (χ2v) is 6.04. The average molecular weight is 244 g/mol. The van der Waals surface area contributed by atoms with E-state index in [9.17, 15) is 0 Å². The molecule has 1 aliphatic heterocycles. The molecule has 0 radical (unpaired) electrons. The molecule has 0 bridgehead atoms. The molecule has 4 nitrogen and oxygen atoms in total. The molecule has 1 aliphatic rings. The Kier molecular flexibility index (Phi) is 3.82. The summed E-state index contributed by atoms with van der Waals surface area (Å²) in [5.41, 5.74) is 0. The highest BCUT2D eigenvalue weighted by atomic mass is 32.2. The number of aromatic nitrogens is 2. The average Bonchev–Trinajstić information content (AvgIpc) is 2.68. The highest BCUT2D eigenvalue weighted by molar-refractivity contribution is 8.01. The zero-order chi connectivity index (χ0) is 10.7. The highest BCUT2D eigenvalue weighted by Crippen LogP contribution is 2.28. The van der Waals surface area contributed by atoms with Crippen molar-refractivity contribution >= 4 is 28.2 Å². The molecular weight excluding hydrogens is 228 g/mol. The largest absolute Gasteiger partial charge is 0.344 e. The van der Waals surface area contributed by atoms with Crippen LogP contribution in [0, 0.1) is 0 Å². The summed E-state index contributed by atoms with van der Waals surface area (Å²) in [6.07, 6.45) is 0. The maximum absolute atomic E-state index is 4.24. The third-order valence-electron chi connectivity index (χ3n) is 2.44. The molecule has 1 fully saturated rings. The molecule has 0 spiro atoms. The predicted molar refractivity (Wildman–Crippen MR) is 66.0 cm³/mol. The molecule has 1 saturated heterocycles. The molecule has 0 aromatic carbocycles. The molecule has 2 heterocycles. The number of nitrogens with zero attached hydrogens (tertiary/aromatic N) is 4. The third kappa shape index (κ3) is 2.83. The van der Waals surface area contributed by atoms with E-state index in [-0.39, 0.29) is 0 Å². The topological polar surface area (TPSA) is 32.3 Å². The second kappa shape index (κ2) is 5.14. The van der Waals surface area contributed by atoms with Crippen LogP contribution >= 0.6 is 23.1 Å². The lowest BCUT2D eigenvalue weighted by atomic mass is 10.3. The molecule has 84 valence electrons. The maximum atomic E-state index is 4.24. The molecule has 1 aromatic heterocycles. The van der Waals surface area contributed by atoms with Crippen LogP contribution in [0.15, 0.2) is 4.34 Å². The molecule has 6 heteroatoms. The molecule has 0 unspecified atom stereocenters. The van der Waals surface area contributed by atoms with Crippen molar-refractivity contribution in [2.24, 2.45) is 0 Å². The SMILES string of the molecule is CCSc1nnc(N2CCN(C)CC2)s1. The maximum Gasteiger partial charge on any atom is 0.209 e. The van der Waals surface area contributed by atoms with E-state index in [1.165, 1.54) is 0 Å². The van der Waals surface area contributed by atoms with Crippen molar-refractivity contribution in [3.05, 3.63) is 0 Å². The summed E-state index contributed by atoms with van der Waals surface area (Å²) >= 11 is 3.48. The van der Waals surface area contributed by atoms with Gasteiger partial charge in [0.25, 0.3) is 0 Å². The Hall–Kier alpha value is -0.330. The van der Waals surface area contributed by atoms with Gasteiger partial charge in [0.1, 0.15) is 0 Å². The normalized spacial score (nSPS) is 18.4. The zero-order valence-electron chi connectivity index (χ0n) is 9.14. The van der Waals surface area contributed by atoms with Gasteiger partial charge >= 0.3 is 0 Å². The van der Waals surface area contributed by atoms with Gasteiger partial charge in [-0.05, 0) is 12.8 Å². The highest BCUT2D eigenvalue weighted by Gasteiger charge is 2.17. The van der Waals surface area contributed by atoms with Gasteiger partial charge in [0.2, 0.25) is 5.13 Å². The monoisotopic (exact) mass is 244 g/mol. The molecule has 2 rings (SSSR count). The van der Waals surface area contributed by atoms with Gasteiger partial charge in [0, 0.05) is 26.2 Å². The van der Waals surface area contributed by atoms with Gasteiger partial charge in [0.05, 0.1) is 0 Å². The molecule has 15 heavy (non-hydrogen) atoms. The van der Waals surface area contributed by atoms with Crippen molar-refractivity contribution in [1.82, 2.24) is 15.1 Å². The van der Waals surface area contributed by atoms with Crippen LogP contribution in [0.5, 0.6) is 0 Å². The summed E-state index contributed by atoms with van der Waals surface area (Å²) in [5, 5.41) is 9.50. The third-order valence-corrected chi connectivity index (χ3v) is 4.44. The summed E-state index contributed by atoms with van der Waals surface area (Å²) in [5.74, 6) is 1.07. The summed E-state index contributed by atoms with van der Waals surface area (Å²) in [7, 11) is 2.16. The molecule has 0 saturated carbocycles. The van der Waals surface area contributed by atoms with Gasteiger partial charge < -0.3 is 9.80 Å². The molecule has 0 atom stereocenters. The molecule has 0 amide bonds. The van der Waals surface area contributed by atoms with Crippen molar-refractivity contribution in [3.63, 3.8) is 0 Å². The fourth-order valence-electron chi connectivity index (χ4n) is 1.51. The molecule has 1 aromatic rings. The van der Waals surface area contributed by atoms with E-state index < -0.39 is 0 Å². The van der Waals surface area contributed by atoms with Gasteiger partial charge in [-0.1, -0.05) is 30.0 Å².